The van der Waals surface area contributed by atoms with E-state index in [4.69, 9.17) is 9.63 Å². The highest BCUT2D eigenvalue weighted by molar-refractivity contribution is 6.03. The zero-order chi connectivity index (χ0) is 13.6. The van der Waals surface area contributed by atoms with E-state index in [0.29, 0.717) is 5.76 Å². The first kappa shape index (κ1) is 11.5. The molecule has 0 aliphatic heterocycles. The first-order valence-corrected chi connectivity index (χ1v) is 5.86. The minimum Gasteiger partial charge on any atom is -0.477 e. The molecule has 2 N–H and O–H groups in total. The SMILES string of the molecule is Cc1[nH]c2c(C)cccc2c1-c1oncc1C(=O)O. The molecular weight excluding hydrogens is 244 g/mol. The number of aromatic amines is 1. The van der Waals surface area contributed by atoms with Crippen LogP contribution in [-0.4, -0.2) is 21.2 Å². The zero-order valence-electron chi connectivity index (χ0n) is 10.5. The normalized spacial score (nSPS) is 11.1. The van der Waals surface area contributed by atoms with Crippen LogP contribution in [0, 0.1) is 13.8 Å². The van der Waals surface area contributed by atoms with Gasteiger partial charge in [-0.05, 0) is 19.4 Å². The summed E-state index contributed by atoms with van der Waals surface area (Å²) in [7, 11) is 0. The third-order valence-electron chi connectivity index (χ3n) is 3.26. The fraction of sp³-hybridized carbons (Fsp3) is 0.143. The molecule has 0 bridgehead atoms. The van der Waals surface area contributed by atoms with Crippen LogP contribution < -0.4 is 0 Å². The molecule has 0 aliphatic carbocycles. The molecule has 0 saturated heterocycles. The molecule has 5 heteroatoms. The molecule has 3 aromatic rings. The highest BCUT2D eigenvalue weighted by Crippen LogP contribution is 2.35. The number of aromatic carboxylic acids is 1. The van der Waals surface area contributed by atoms with Crippen molar-refractivity contribution in [3.8, 4) is 11.3 Å². The topological polar surface area (TPSA) is 79.1 Å². The van der Waals surface area contributed by atoms with Crippen molar-refractivity contribution in [1.82, 2.24) is 10.1 Å². The van der Waals surface area contributed by atoms with Gasteiger partial charge in [0.15, 0.2) is 5.76 Å². The number of fused-ring (bicyclic) bond motifs is 1. The third kappa shape index (κ3) is 1.62. The fourth-order valence-corrected chi connectivity index (χ4v) is 2.36. The van der Waals surface area contributed by atoms with Crippen LogP contribution >= 0.6 is 0 Å². The molecule has 1 aromatic carbocycles. The van der Waals surface area contributed by atoms with Crippen molar-refractivity contribution >= 4 is 16.9 Å². The highest BCUT2D eigenvalue weighted by Gasteiger charge is 2.22. The van der Waals surface area contributed by atoms with Gasteiger partial charge in [0.05, 0.1) is 6.20 Å². The molecule has 0 spiro atoms. The van der Waals surface area contributed by atoms with Gasteiger partial charge in [0.1, 0.15) is 5.56 Å². The Morgan fingerprint density at radius 3 is 2.89 bits per heavy atom. The zero-order valence-corrected chi connectivity index (χ0v) is 10.5. The predicted molar refractivity (Wildman–Crippen MR) is 70.2 cm³/mol. The van der Waals surface area contributed by atoms with E-state index in [1.165, 1.54) is 6.20 Å². The number of benzene rings is 1. The van der Waals surface area contributed by atoms with Gasteiger partial charge in [-0.15, -0.1) is 0 Å². The van der Waals surface area contributed by atoms with Gasteiger partial charge in [-0.1, -0.05) is 23.4 Å². The molecule has 19 heavy (non-hydrogen) atoms. The lowest BCUT2D eigenvalue weighted by Gasteiger charge is -1.99. The Labute approximate surface area is 108 Å². The largest absolute Gasteiger partial charge is 0.477 e. The number of hydrogen-bond acceptors (Lipinski definition) is 3. The lowest BCUT2D eigenvalue weighted by Crippen LogP contribution is -1.96. The van der Waals surface area contributed by atoms with E-state index in [-0.39, 0.29) is 5.56 Å². The van der Waals surface area contributed by atoms with E-state index in [2.05, 4.69) is 10.1 Å². The summed E-state index contributed by atoms with van der Waals surface area (Å²) >= 11 is 0. The summed E-state index contributed by atoms with van der Waals surface area (Å²) in [6.07, 6.45) is 1.23. The van der Waals surface area contributed by atoms with E-state index in [1.54, 1.807) is 0 Å². The monoisotopic (exact) mass is 256 g/mol. The Bertz CT molecular complexity index is 783. The van der Waals surface area contributed by atoms with Crippen LogP contribution in [0.4, 0.5) is 0 Å². The van der Waals surface area contributed by atoms with Crippen molar-refractivity contribution in [2.45, 2.75) is 13.8 Å². The van der Waals surface area contributed by atoms with Crippen LogP contribution in [-0.2, 0) is 0 Å². The van der Waals surface area contributed by atoms with Gasteiger partial charge in [0.25, 0.3) is 0 Å². The van der Waals surface area contributed by atoms with Gasteiger partial charge < -0.3 is 14.6 Å². The number of carboxylic acids is 1. The molecule has 0 amide bonds. The molecule has 2 aromatic heterocycles. The van der Waals surface area contributed by atoms with Crippen molar-refractivity contribution in [1.29, 1.82) is 0 Å². The Morgan fingerprint density at radius 2 is 2.16 bits per heavy atom. The van der Waals surface area contributed by atoms with Gasteiger partial charge in [0.2, 0.25) is 0 Å². The number of aryl methyl sites for hydroxylation is 2. The lowest BCUT2D eigenvalue weighted by atomic mass is 10.0. The average molecular weight is 256 g/mol. The second kappa shape index (κ2) is 3.98. The quantitative estimate of drug-likeness (QED) is 0.738. The number of hydrogen-bond donors (Lipinski definition) is 2. The molecule has 0 atom stereocenters. The van der Waals surface area contributed by atoms with Crippen LogP contribution in [0.25, 0.3) is 22.2 Å². The van der Waals surface area contributed by atoms with Gasteiger partial charge in [-0.25, -0.2) is 4.79 Å². The summed E-state index contributed by atoms with van der Waals surface area (Å²) < 4.78 is 5.15. The molecule has 0 unspecified atom stereocenters. The smallest absolute Gasteiger partial charge is 0.341 e. The maximum Gasteiger partial charge on any atom is 0.341 e. The molecule has 2 heterocycles. The van der Waals surface area contributed by atoms with E-state index < -0.39 is 5.97 Å². The Balaban J connectivity index is 2.37. The third-order valence-corrected chi connectivity index (χ3v) is 3.26. The van der Waals surface area contributed by atoms with Crippen LogP contribution in [0.2, 0.25) is 0 Å². The average Bonchev–Trinajstić information content (AvgIpc) is 2.93. The van der Waals surface area contributed by atoms with Crippen LogP contribution in [0.3, 0.4) is 0 Å². The summed E-state index contributed by atoms with van der Waals surface area (Å²) in [5.74, 6) is -0.750. The molecule has 96 valence electrons. The summed E-state index contributed by atoms with van der Waals surface area (Å²) in [4.78, 5) is 14.5. The van der Waals surface area contributed by atoms with Crippen molar-refractivity contribution in [3.63, 3.8) is 0 Å². The van der Waals surface area contributed by atoms with Gasteiger partial charge in [-0.2, -0.15) is 0 Å². The van der Waals surface area contributed by atoms with Crippen LogP contribution in [0.1, 0.15) is 21.6 Å². The number of para-hydroxylation sites is 1. The van der Waals surface area contributed by atoms with E-state index in [0.717, 1.165) is 27.7 Å². The first-order valence-electron chi connectivity index (χ1n) is 5.86. The number of carbonyl (C=O) groups is 1. The van der Waals surface area contributed by atoms with E-state index in [9.17, 15) is 4.79 Å². The molecule has 5 nitrogen and oxygen atoms in total. The second-order valence-corrected chi connectivity index (χ2v) is 4.50. The van der Waals surface area contributed by atoms with Crippen LogP contribution in [0.15, 0.2) is 28.9 Å². The van der Waals surface area contributed by atoms with Gasteiger partial charge in [0, 0.05) is 22.2 Å². The number of nitrogens with one attached hydrogen (secondary N) is 1. The molecule has 0 radical (unpaired) electrons. The summed E-state index contributed by atoms with van der Waals surface area (Å²) in [5.41, 5.74) is 3.79. The summed E-state index contributed by atoms with van der Waals surface area (Å²) in [6.45, 7) is 3.89. The number of rotatable bonds is 2. The minimum absolute atomic E-state index is 0.0745. The number of nitrogens with zero attached hydrogens (tertiary/aromatic N) is 1. The standard InChI is InChI=1S/C14H12N2O3/c1-7-4-3-5-9-11(8(2)16-12(7)9)13-10(14(17)18)6-15-19-13/h3-6,16H,1-2H3,(H,17,18). The Morgan fingerprint density at radius 1 is 1.37 bits per heavy atom. The van der Waals surface area contributed by atoms with Crippen LogP contribution in [0.5, 0.6) is 0 Å². The Hall–Kier alpha value is -2.56. The molecular formula is C14H12N2O3. The molecule has 0 fully saturated rings. The second-order valence-electron chi connectivity index (χ2n) is 4.50. The van der Waals surface area contributed by atoms with Crippen molar-refractivity contribution in [3.05, 3.63) is 41.2 Å². The maximum absolute atomic E-state index is 11.2. The van der Waals surface area contributed by atoms with E-state index in [1.807, 2.05) is 32.0 Å². The first-order chi connectivity index (χ1) is 9.09. The number of H-pyrrole nitrogens is 1. The lowest BCUT2D eigenvalue weighted by molar-refractivity contribution is 0.0697. The number of carboxylic acid groups (broad SMARTS) is 1. The number of aromatic nitrogens is 2. The summed E-state index contributed by atoms with van der Waals surface area (Å²) in [5, 5.41) is 13.7. The van der Waals surface area contributed by atoms with E-state index >= 15 is 0 Å². The minimum atomic E-state index is -1.04. The highest BCUT2D eigenvalue weighted by atomic mass is 16.5. The van der Waals surface area contributed by atoms with Crippen molar-refractivity contribution in [2.75, 3.05) is 0 Å². The predicted octanol–water partition coefficient (Wildman–Crippen LogP) is 3.14. The van der Waals surface area contributed by atoms with Gasteiger partial charge in [-0.3, -0.25) is 0 Å². The van der Waals surface area contributed by atoms with Crippen molar-refractivity contribution in [2.24, 2.45) is 0 Å². The summed E-state index contributed by atoms with van der Waals surface area (Å²) in [6, 6.07) is 5.88. The molecule has 0 aliphatic rings. The molecule has 0 saturated carbocycles. The van der Waals surface area contributed by atoms with Crippen molar-refractivity contribution < 1.29 is 14.4 Å². The maximum atomic E-state index is 11.2. The molecule has 3 rings (SSSR count). The van der Waals surface area contributed by atoms with Gasteiger partial charge >= 0.3 is 5.97 Å². The fourth-order valence-electron chi connectivity index (χ4n) is 2.36. The Kier molecular flexibility index (Phi) is 2.41.